The van der Waals surface area contributed by atoms with E-state index < -0.39 is 0 Å². The molecule has 2 unspecified atom stereocenters. The van der Waals surface area contributed by atoms with Gasteiger partial charge in [0, 0.05) is 32.3 Å². The number of rotatable bonds is 4. The molecule has 1 fully saturated rings. The van der Waals surface area contributed by atoms with E-state index in [2.05, 4.69) is 50.2 Å². The number of aromatic hydroxyl groups is 1. The minimum Gasteiger partial charge on any atom is -0.506 e. The summed E-state index contributed by atoms with van der Waals surface area (Å²) >= 11 is 0. The van der Waals surface area contributed by atoms with E-state index in [-0.39, 0.29) is 11.2 Å². The second-order valence-corrected chi connectivity index (χ2v) is 8.18. The number of hydrogen-bond acceptors (Lipinski definition) is 4. The smallest absolute Gasteiger partial charge is 0.198 e. The summed E-state index contributed by atoms with van der Waals surface area (Å²) in [5, 5.41) is 17.3. The molecule has 1 saturated heterocycles. The molecule has 0 bridgehead atoms. The monoisotopic (exact) mass is 362 g/mol. The summed E-state index contributed by atoms with van der Waals surface area (Å²) in [5.74, 6) is 1.01. The number of anilines is 1. The van der Waals surface area contributed by atoms with Crippen LogP contribution in [-0.4, -0.2) is 61.4 Å². The predicted octanol–water partition coefficient (Wildman–Crippen LogP) is 2.79. The number of methoxy groups -OCH3 is 1. The molecule has 1 aromatic rings. The number of phenolic OH excluding ortho intramolecular Hbond substituents is 1. The van der Waals surface area contributed by atoms with Crippen LogP contribution in [0.3, 0.4) is 0 Å². The predicted molar refractivity (Wildman–Crippen MR) is 108 cm³/mol. The molecular formula is C20H34N4O2. The molecule has 0 spiro atoms. The standard InChI is InChI=1S/C20H34N4O2/c1-14-12-24(13-15(2)22-14)19(21-9-10-26-6)23-17-11-16(20(3,4)5)7-8-18(17)25/h7-8,11,14-15,22,25H,9-10,12-13H2,1-6H3,(H,21,23). The summed E-state index contributed by atoms with van der Waals surface area (Å²) in [5.41, 5.74) is 1.86. The van der Waals surface area contributed by atoms with Gasteiger partial charge in [-0.1, -0.05) is 26.8 Å². The summed E-state index contributed by atoms with van der Waals surface area (Å²) < 4.78 is 5.14. The number of guanidine groups is 1. The molecule has 1 heterocycles. The van der Waals surface area contributed by atoms with Crippen LogP contribution in [0, 0.1) is 0 Å². The van der Waals surface area contributed by atoms with Crippen molar-refractivity contribution in [1.29, 1.82) is 0 Å². The van der Waals surface area contributed by atoms with Crippen molar-refractivity contribution in [2.24, 2.45) is 4.99 Å². The molecule has 1 aliphatic rings. The van der Waals surface area contributed by atoms with Crippen LogP contribution in [0.5, 0.6) is 5.75 Å². The summed E-state index contributed by atoms with van der Waals surface area (Å²) in [7, 11) is 1.68. The van der Waals surface area contributed by atoms with Crippen LogP contribution in [0.15, 0.2) is 23.2 Å². The lowest BCUT2D eigenvalue weighted by Gasteiger charge is -2.38. The van der Waals surface area contributed by atoms with Gasteiger partial charge in [0.25, 0.3) is 0 Å². The minimum atomic E-state index is 0.00948. The highest BCUT2D eigenvalue weighted by atomic mass is 16.5. The molecule has 1 aromatic carbocycles. The first-order valence-electron chi connectivity index (χ1n) is 9.35. The van der Waals surface area contributed by atoms with Crippen molar-refractivity contribution in [3.63, 3.8) is 0 Å². The van der Waals surface area contributed by atoms with Crippen LogP contribution in [0.2, 0.25) is 0 Å². The molecule has 6 nitrogen and oxygen atoms in total. The number of nitrogens with zero attached hydrogens (tertiary/aromatic N) is 2. The molecule has 6 heteroatoms. The highest BCUT2D eigenvalue weighted by molar-refractivity contribution is 5.95. The van der Waals surface area contributed by atoms with Gasteiger partial charge in [-0.25, -0.2) is 0 Å². The number of hydrogen-bond donors (Lipinski definition) is 3. The highest BCUT2D eigenvalue weighted by Gasteiger charge is 2.24. The second kappa shape index (κ2) is 8.73. The van der Waals surface area contributed by atoms with Crippen LogP contribution in [-0.2, 0) is 10.2 Å². The van der Waals surface area contributed by atoms with Gasteiger partial charge < -0.3 is 25.4 Å². The Morgan fingerprint density at radius 3 is 2.54 bits per heavy atom. The van der Waals surface area contributed by atoms with Crippen LogP contribution >= 0.6 is 0 Å². The Kier molecular flexibility index (Phi) is 6.89. The quantitative estimate of drug-likeness (QED) is 0.333. The average molecular weight is 363 g/mol. The third kappa shape index (κ3) is 5.61. The lowest BCUT2D eigenvalue weighted by atomic mass is 9.87. The Morgan fingerprint density at radius 2 is 1.96 bits per heavy atom. The zero-order chi connectivity index (χ0) is 19.3. The van der Waals surface area contributed by atoms with Gasteiger partial charge in [-0.15, -0.1) is 0 Å². The molecule has 146 valence electrons. The molecule has 2 rings (SSSR count). The van der Waals surface area contributed by atoms with Crippen LogP contribution < -0.4 is 10.6 Å². The Labute approximate surface area is 157 Å². The Morgan fingerprint density at radius 1 is 1.31 bits per heavy atom. The van der Waals surface area contributed by atoms with E-state index in [9.17, 15) is 5.11 Å². The molecule has 2 atom stereocenters. The van der Waals surface area contributed by atoms with E-state index in [0.717, 1.165) is 24.6 Å². The molecular weight excluding hydrogens is 328 g/mol. The summed E-state index contributed by atoms with van der Waals surface area (Å²) in [6.45, 7) is 13.7. The van der Waals surface area contributed by atoms with Crippen LogP contribution in [0.25, 0.3) is 0 Å². The maximum absolute atomic E-state index is 10.4. The van der Waals surface area contributed by atoms with Crippen molar-refractivity contribution < 1.29 is 9.84 Å². The molecule has 0 aliphatic carbocycles. The average Bonchev–Trinajstić information content (AvgIpc) is 2.53. The largest absolute Gasteiger partial charge is 0.506 e. The van der Waals surface area contributed by atoms with Crippen LogP contribution in [0.1, 0.15) is 40.2 Å². The van der Waals surface area contributed by atoms with Crippen molar-refractivity contribution in [2.45, 2.75) is 52.1 Å². The number of aliphatic imine (C=N–C) groups is 1. The Bertz CT molecular complexity index is 615. The molecule has 0 amide bonds. The van der Waals surface area contributed by atoms with Crippen molar-refractivity contribution >= 4 is 11.6 Å². The third-order valence-electron chi connectivity index (χ3n) is 4.52. The van der Waals surface area contributed by atoms with Gasteiger partial charge in [0.2, 0.25) is 0 Å². The number of nitrogens with one attached hydrogen (secondary N) is 2. The molecule has 0 radical (unpaired) electrons. The fourth-order valence-electron chi connectivity index (χ4n) is 3.18. The van der Waals surface area contributed by atoms with Gasteiger partial charge in [-0.3, -0.25) is 4.99 Å². The maximum atomic E-state index is 10.4. The van der Waals surface area contributed by atoms with E-state index in [4.69, 9.17) is 9.73 Å². The maximum Gasteiger partial charge on any atom is 0.198 e. The zero-order valence-corrected chi connectivity index (χ0v) is 17.0. The van der Waals surface area contributed by atoms with E-state index >= 15 is 0 Å². The normalized spacial score (nSPS) is 21.8. The van der Waals surface area contributed by atoms with Crippen molar-refractivity contribution in [2.75, 3.05) is 38.7 Å². The first-order chi connectivity index (χ1) is 12.2. The lowest BCUT2D eigenvalue weighted by Crippen LogP contribution is -2.57. The van der Waals surface area contributed by atoms with E-state index in [1.54, 1.807) is 13.2 Å². The van der Waals surface area contributed by atoms with Gasteiger partial charge in [-0.2, -0.15) is 0 Å². The first-order valence-corrected chi connectivity index (χ1v) is 9.35. The number of phenols is 1. The van der Waals surface area contributed by atoms with Gasteiger partial charge >= 0.3 is 0 Å². The summed E-state index contributed by atoms with van der Waals surface area (Å²) in [6.07, 6.45) is 0. The van der Waals surface area contributed by atoms with Crippen molar-refractivity contribution in [3.05, 3.63) is 23.8 Å². The van der Waals surface area contributed by atoms with Gasteiger partial charge in [0.05, 0.1) is 18.8 Å². The highest BCUT2D eigenvalue weighted by Crippen LogP contribution is 2.31. The molecule has 0 aromatic heterocycles. The minimum absolute atomic E-state index is 0.00948. The fraction of sp³-hybridized carbons (Fsp3) is 0.650. The van der Waals surface area contributed by atoms with Crippen molar-refractivity contribution in [1.82, 2.24) is 10.2 Å². The fourth-order valence-corrected chi connectivity index (χ4v) is 3.18. The van der Waals surface area contributed by atoms with Gasteiger partial charge in [0.15, 0.2) is 5.96 Å². The molecule has 0 saturated carbocycles. The number of benzene rings is 1. The summed E-state index contributed by atoms with van der Waals surface area (Å²) in [4.78, 5) is 6.94. The summed E-state index contributed by atoms with van der Waals surface area (Å²) in [6, 6.07) is 6.48. The van der Waals surface area contributed by atoms with E-state index in [1.807, 2.05) is 12.1 Å². The van der Waals surface area contributed by atoms with E-state index in [1.165, 1.54) is 0 Å². The zero-order valence-electron chi connectivity index (χ0n) is 17.0. The molecule has 1 aliphatic heterocycles. The molecule has 3 N–H and O–H groups in total. The first kappa shape index (κ1) is 20.5. The Hall–Kier alpha value is -1.79. The van der Waals surface area contributed by atoms with Crippen LogP contribution in [0.4, 0.5) is 5.69 Å². The third-order valence-corrected chi connectivity index (χ3v) is 4.52. The molecule has 26 heavy (non-hydrogen) atoms. The number of ether oxygens (including phenoxy) is 1. The number of piperazine rings is 1. The van der Waals surface area contributed by atoms with Gasteiger partial charge in [-0.05, 0) is 37.0 Å². The lowest BCUT2D eigenvalue weighted by molar-refractivity contribution is 0.206. The Balaban J connectivity index is 2.28. The van der Waals surface area contributed by atoms with Gasteiger partial charge in [0.1, 0.15) is 5.75 Å². The topological polar surface area (TPSA) is 69.1 Å². The van der Waals surface area contributed by atoms with E-state index in [0.29, 0.717) is 30.9 Å². The van der Waals surface area contributed by atoms with Crippen molar-refractivity contribution in [3.8, 4) is 5.75 Å². The SMILES string of the molecule is COCCN=C(Nc1cc(C(C)(C)C)ccc1O)N1CC(C)NC(C)C1. The second-order valence-electron chi connectivity index (χ2n) is 8.18.